The number of halogens is 1. The molecule has 174 valence electrons. The fourth-order valence-electron chi connectivity index (χ4n) is 3.39. The smallest absolute Gasteiger partial charge is 0.348 e. The van der Waals surface area contributed by atoms with Crippen LogP contribution in [0.1, 0.15) is 31.3 Å². The van der Waals surface area contributed by atoms with Gasteiger partial charge in [0.05, 0.1) is 12.2 Å². The molecule has 2 heterocycles. The van der Waals surface area contributed by atoms with Gasteiger partial charge < -0.3 is 15.4 Å². The summed E-state index contributed by atoms with van der Waals surface area (Å²) in [6, 6.07) is 15.7. The molecule has 4 aromatic rings. The lowest BCUT2D eigenvalue weighted by molar-refractivity contribution is -0.119. The van der Waals surface area contributed by atoms with Crippen LogP contribution in [-0.4, -0.2) is 41.2 Å². The number of fused-ring (bicyclic) bond motifs is 1. The Labute approximate surface area is 204 Å². The summed E-state index contributed by atoms with van der Waals surface area (Å²) in [5.41, 5.74) is 2.54. The molecule has 0 spiro atoms. The van der Waals surface area contributed by atoms with Crippen molar-refractivity contribution >= 4 is 56.6 Å². The van der Waals surface area contributed by atoms with Crippen LogP contribution in [0.5, 0.6) is 0 Å². The Bertz CT molecular complexity index is 1390. The summed E-state index contributed by atoms with van der Waals surface area (Å²) in [7, 11) is 1.52. The van der Waals surface area contributed by atoms with Crippen molar-refractivity contribution in [2.45, 2.75) is 13.5 Å². The third-order valence-corrected chi connectivity index (χ3v) is 6.55. The van der Waals surface area contributed by atoms with E-state index in [-0.39, 0.29) is 5.91 Å². The van der Waals surface area contributed by atoms with Crippen LogP contribution < -0.4 is 10.6 Å². The molecule has 0 aliphatic carbocycles. The maximum absolute atomic E-state index is 12.6. The second-order valence-electron chi connectivity index (χ2n) is 7.45. The molecule has 8 nitrogen and oxygen atoms in total. The van der Waals surface area contributed by atoms with E-state index in [4.69, 9.17) is 16.3 Å². The molecule has 2 amide bonds. The predicted octanol–water partition coefficient (Wildman–Crippen LogP) is 4.26. The summed E-state index contributed by atoms with van der Waals surface area (Å²) in [6.45, 7) is 1.88. The molecule has 10 heteroatoms. The van der Waals surface area contributed by atoms with Gasteiger partial charge in [0.15, 0.2) is 6.61 Å². The monoisotopic (exact) mass is 496 g/mol. The first-order valence-electron chi connectivity index (χ1n) is 10.3. The van der Waals surface area contributed by atoms with Crippen molar-refractivity contribution in [3.63, 3.8) is 0 Å². The molecule has 0 saturated carbocycles. The molecule has 0 saturated heterocycles. The minimum absolute atomic E-state index is 0.268. The largest absolute Gasteiger partial charge is 0.451 e. The quantitative estimate of drug-likeness (QED) is 0.372. The molecule has 0 unspecified atom stereocenters. The van der Waals surface area contributed by atoms with Gasteiger partial charge in [-0.25, -0.2) is 4.79 Å². The number of nitrogens with one attached hydrogen (secondary N) is 2. The van der Waals surface area contributed by atoms with Crippen LogP contribution in [-0.2, 0) is 16.1 Å². The second kappa shape index (κ2) is 10.1. The number of benzene rings is 2. The third kappa shape index (κ3) is 5.11. The van der Waals surface area contributed by atoms with Crippen molar-refractivity contribution < 1.29 is 19.1 Å². The fourth-order valence-corrected chi connectivity index (χ4v) is 4.64. The first-order valence-corrected chi connectivity index (χ1v) is 11.5. The van der Waals surface area contributed by atoms with Crippen molar-refractivity contribution in [3.05, 3.63) is 81.3 Å². The summed E-state index contributed by atoms with van der Waals surface area (Å²) in [6.07, 6.45) is 0. The first kappa shape index (κ1) is 23.5. The standard InChI is InChI=1S/C24H21ClN4O4S/c1-14-18-11-20(34-23(18)29(28-14)12-16-6-3-4-9-19(16)25)24(32)33-13-21(30)27-17-8-5-7-15(10-17)22(31)26-2/h3-11H,12-13H2,1-2H3,(H,26,31)(H,27,30). The molecule has 34 heavy (non-hydrogen) atoms. The van der Waals surface area contributed by atoms with Gasteiger partial charge in [0.25, 0.3) is 11.8 Å². The van der Waals surface area contributed by atoms with Gasteiger partial charge in [0, 0.05) is 28.7 Å². The SMILES string of the molecule is CNC(=O)c1cccc(NC(=O)COC(=O)c2cc3c(C)nn(Cc4ccccc4Cl)c3s2)c1. The Kier molecular flexibility index (Phi) is 6.95. The van der Waals surface area contributed by atoms with E-state index in [1.165, 1.54) is 24.5 Å². The topological polar surface area (TPSA) is 102 Å². The maximum atomic E-state index is 12.6. The van der Waals surface area contributed by atoms with Crippen molar-refractivity contribution in [1.29, 1.82) is 0 Å². The average molecular weight is 497 g/mol. The lowest BCUT2D eigenvalue weighted by Gasteiger charge is -2.07. The van der Waals surface area contributed by atoms with Gasteiger partial charge in [-0.3, -0.25) is 14.3 Å². The molecule has 0 bridgehead atoms. The summed E-state index contributed by atoms with van der Waals surface area (Å²) in [5.74, 6) is -1.38. The van der Waals surface area contributed by atoms with Gasteiger partial charge >= 0.3 is 5.97 Å². The van der Waals surface area contributed by atoms with Gasteiger partial charge in [0.2, 0.25) is 0 Å². The minimum Gasteiger partial charge on any atom is -0.451 e. The molecular weight excluding hydrogens is 476 g/mol. The molecule has 0 aliphatic heterocycles. The molecule has 2 aromatic heterocycles. The molecule has 0 radical (unpaired) electrons. The lowest BCUT2D eigenvalue weighted by Crippen LogP contribution is -2.21. The molecule has 0 fully saturated rings. The van der Waals surface area contributed by atoms with Crippen LogP contribution in [0.3, 0.4) is 0 Å². The van der Waals surface area contributed by atoms with Crippen molar-refractivity contribution in [2.75, 3.05) is 19.0 Å². The Morgan fingerprint density at radius 1 is 1.12 bits per heavy atom. The maximum Gasteiger partial charge on any atom is 0.348 e. The molecule has 2 N–H and O–H groups in total. The van der Waals surface area contributed by atoms with E-state index in [1.54, 1.807) is 28.9 Å². The molecule has 4 rings (SSSR count). The number of nitrogens with zero attached hydrogens (tertiary/aromatic N) is 2. The number of aromatic nitrogens is 2. The highest BCUT2D eigenvalue weighted by molar-refractivity contribution is 7.20. The normalized spacial score (nSPS) is 10.8. The van der Waals surface area contributed by atoms with E-state index in [2.05, 4.69) is 15.7 Å². The number of hydrogen-bond acceptors (Lipinski definition) is 6. The second-order valence-corrected chi connectivity index (χ2v) is 8.89. The first-order chi connectivity index (χ1) is 16.4. The number of carbonyl (C=O) groups excluding carboxylic acids is 3. The number of thiophene rings is 1. The summed E-state index contributed by atoms with van der Waals surface area (Å²) >= 11 is 7.53. The van der Waals surface area contributed by atoms with Crippen LogP contribution >= 0.6 is 22.9 Å². The molecule has 2 aromatic carbocycles. The Morgan fingerprint density at radius 2 is 1.91 bits per heavy atom. The van der Waals surface area contributed by atoms with E-state index in [1.807, 2.05) is 31.2 Å². The zero-order valence-corrected chi connectivity index (χ0v) is 20.0. The number of esters is 1. The molecular formula is C24H21ClN4O4S. The number of hydrogen-bond donors (Lipinski definition) is 2. The highest BCUT2D eigenvalue weighted by Crippen LogP contribution is 2.30. The van der Waals surface area contributed by atoms with E-state index < -0.39 is 18.5 Å². The Balaban J connectivity index is 1.42. The van der Waals surface area contributed by atoms with Gasteiger partial charge in [-0.1, -0.05) is 35.9 Å². The lowest BCUT2D eigenvalue weighted by atomic mass is 10.2. The Morgan fingerprint density at radius 3 is 2.68 bits per heavy atom. The third-order valence-electron chi connectivity index (χ3n) is 5.06. The number of amides is 2. The van der Waals surface area contributed by atoms with E-state index >= 15 is 0 Å². The van der Waals surface area contributed by atoms with Gasteiger partial charge in [-0.2, -0.15) is 5.10 Å². The fraction of sp³-hybridized carbons (Fsp3) is 0.167. The highest BCUT2D eigenvalue weighted by atomic mass is 35.5. The van der Waals surface area contributed by atoms with Crippen molar-refractivity contribution in [3.8, 4) is 0 Å². The summed E-state index contributed by atoms with van der Waals surface area (Å²) in [5, 5.41) is 11.2. The van der Waals surface area contributed by atoms with E-state index in [0.717, 1.165) is 21.5 Å². The summed E-state index contributed by atoms with van der Waals surface area (Å²) < 4.78 is 7.01. The van der Waals surface area contributed by atoms with Gasteiger partial charge in [-0.15, -0.1) is 11.3 Å². The predicted molar refractivity (Wildman–Crippen MR) is 132 cm³/mol. The Hall–Kier alpha value is -3.69. The number of carbonyl (C=O) groups is 3. The minimum atomic E-state index is -0.598. The van der Waals surface area contributed by atoms with Crippen LogP contribution in [0.4, 0.5) is 5.69 Å². The number of aryl methyl sites for hydroxylation is 1. The zero-order chi connectivity index (χ0) is 24.2. The van der Waals surface area contributed by atoms with Crippen molar-refractivity contribution in [2.24, 2.45) is 0 Å². The van der Waals surface area contributed by atoms with Crippen molar-refractivity contribution in [1.82, 2.24) is 15.1 Å². The number of rotatable bonds is 7. The van der Waals surface area contributed by atoms with Gasteiger partial charge in [-0.05, 0) is 42.8 Å². The van der Waals surface area contributed by atoms with Crippen LogP contribution in [0.15, 0.2) is 54.6 Å². The average Bonchev–Trinajstić information content (AvgIpc) is 3.39. The molecule has 0 atom stereocenters. The number of ether oxygens (including phenoxy) is 1. The van der Waals surface area contributed by atoms with Crippen LogP contribution in [0, 0.1) is 6.92 Å². The summed E-state index contributed by atoms with van der Waals surface area (Å²) in [4.78, 5) is 37.8. The van der Waals surface area contributed by atoms with Crippen LogP contribution in [0.25, 0.3) is 10.2 Å². The zero-order valence-electron chi connectivity index (χ0n) is 18.4. The van der Waals surface area contributed by atoms with Crippen LogP contribution in [0.2, 0.25) is 5.02 Å². The van der Waals surface area contributed by atoms with E-state index in [0.29, 0.717) is 27.7 Å². The highest BCUT2D eigenvalue weighted by Gasteiger charge is 2.19. The van der Waals surface area contributed by atoms with Gasteiger partial charge in [0.1, 0.15) is 9.71 Å². The van der Waals surface area contributed by atoms with E-state index in [9.17, 15) is 14.4 Å². The molecule has 0 aliphatic rings. The number of anilines is 1.